The van der Waals surface area contributed by atoms with Crippen LogP contribution in [0.4, 0.5) is 0 Å². The summed E-state index contributed by atoms with van der Waals surface area (Å²) < 4.78 is 7.80. The Morgan fingerprint density at radius 3 is 2.63 bits per heavy atom. The zero-order chi connectivity index (χ0) is 21.5. The third-order valence-electron chi connectivity index (χ3n) is 4.88. The molecule has 1 amide bonds. The number of fused-ring (bicyclic) bond motifs is 1. The molecule has 2 aromatic carbocycles. The van der Waals surface area contributed by atoms with E-state index in [9.17, 15) is 9.59 Å². The van der Waals surface area contributed by atoms with Crippen molar-refractivity contribution >= 4 is 44.8 Å². The maximum Gasteiger partial charge on any atom is 0.330 e. The second-order valence-corrected chi connectivity index (χ2v) is 7.84. The first kappa shape index (κ1) is 21.8. The lowest BCUT2D eigenvalue weighted by Crippen LogP contribution is -2.31. The lowest BCUT2D eigenvalue weighted by molar-refractivity contribution is -0.137. The molecule has 1 heterocycles. The zero-order valence-corrected chi connectivity index (χ0v) is 18.8. The molecule has 0 aliphatic heterocycles. The minimum atomic E-state index is -0.387. The van der Waals surface area contributed by atoms with Crippen LogP contribution >= 0.6 is 15.9 Å². The van der Waals surface area contributed by atoms with E-state index < -0.39 is 0 Å². The van der Waals surface area contributed by atoms with Crippen LogP contribution in [0.25, 0.3) is 17.0 Å². The Hall–Kier alpha value is -2.86. The van der Waals surface area contributed by atoms with Crippen LogP contribution in [0.15, 0.2) is 65.3 Å². The number of hydrogen-bond donors (Lipinski definition) is 0. The van der Waals surface area contributed by atoms with Crippen LogP contribution in [-0.2, 0) is 27.3 Å². The first-order valence-corrected chi connectivity index (χ1v) is 10.7. The summed E-state index contributed by atoms with van der Waals surface area (Å²) in [6.07, 6.45) is 5.85. The molecule has 0 radical (unpaired) electrons. The molecule has 0 unspecified atom stereocenters. The zero-order valence-electron chi connectivity index (χ0n) is 17.2. The number of benzene rings is 2. The number of likely N-dealkylation sites (N-methyl/N-ethyl adjacent to an activating group) is 1. The lowest BCUT2D eigenvalue weighted by atomic mass is 10.1. The van der Waals surface area contributed by atoms with Crippen molar-refractivity contribution in [2.75, 3.05) is 20.2 Å². The topological polar surface area (TPSA) is 51.5 Å². The smallest absolute Gasteiger partial charge is 0.330 e. The molecule has 0 aliphatic rings. The summed E-state index contributed by atoms with van der Waals surface area (Å²) in [6.45, 7) is 2.99. The van der Waals surface area contributed by atoms with E-state index in [1.54, 1.807) is 17.9 Å². The van der Waals surface area contributed by atoms with Crippen molar-refractivity contribution in [1.29, 1.82) is 0 Å². The number of ether oxygens (including phenoxy) is 1. The first-order valence-electron chi connectivity index (χ1n) is 9.89. The van der Waals surface area contributed by atoms with E-state index in [0.29, 0.717) is 13.2 Å². The highest BCUT2D eigenvalue weighted by molar-refractivity contribution is 9.10. The van der Waals surface area contributed by atoms with Crippen molar-refractivity contribution < 1.29 is 14.3 Å². The van der Waals surface area contributed by atoms with Gasteiger partial charge >= 0.3 is 5.97 Å². The molecule has 30 heavy (non-hydrogen) atoms. The fourth-order valence-electron chi connectivity index (χ4n) is 3.28. The van der Waals surface area contributed by atoms with E-state index in [-0.39, 0.29) is 18.4 Å². The van der Waals surface area contributed by atoms with Gasteiger partial charge in [0.25, 0.3) is 0 Å². The van der Waals surface area contributed by atoms with Gasteiger partial charge in [-0.1, -0.05) is 52.3 Å². The van der Waals surface area contributed by atoms with Crippen molar-refractivity contribution in [2.24, 2.45) is 0 Å². The Kier molecular flexibility index (Phi) is 7.46. The fraction of sp³-hybridized carbons (Fsp3) is 0.250. The number of nitrogens with zero attached hydrogens (tertiary/aromatic N) is 2. The lowest BCUT2D eigenvalue weighted by Gasteiger charge is -2.18. The van der Waals surface area contributed by atoms with Gasteiger partial charge < -0.3 is 14.2 Å². The molecule has 3 aromatic rings. The summed E-state index contributed by atoms with van der Waals surface area (Å²) in [4.78, 5) is 26.3. The van der Waals surface area contributed by atoms with Gasteiger partial charge in [0.1, 0.15) is 6.54 Å². The normalized spacial score (nSPS) is 11.2. The van der Waals surface area contributed by atoms with Crippen LogP contribution in [0.3, 0.4) is 0 Å². The summed E-state index contributed by atoms with van der Waals surface area (Å²) in [5.74, 6) is -0.356. The molecule has 156 valence electrons. The molecule has 5 nitrogen and oxygen atoms in total. The number of carbonyl (C=O) groups is 2. The van der Waals surface area contributed by atoms with Gasteiger partial charge in [0.05, 0.1) is 12.1 Å². The summed E-state index contributed by atoms with van der Waals surface area (Å²) in [5.41, 5.74) is 2.99. The minimum Gasteiger partial charge on any atom is -0.463 e. The maximum absolute atomic E-state index is 12.8. The molecule has 1 aromatic heterocycles. The Labute approximate surface area is 185 Å². The Morgan fingerprint density at radius 1 is 1.13 bits per heavy atom. The first-order chi connectivity index (χ1) is 14.5. The van der Waals surface area contributed by atoms with Gasteiger partial charge in [0, 0.05) is 41.3 Å². The Morgan fingerprint density at radius 2 is 1.90 bits per heavy atom. The molecule has 0 bridgehead atoms. The molecule has 6 heteroatoms. The van der Waals surface area contributed by atoms with E-state index in [4.69, 9.17) is 4.74 Å². The van der Waals surface area contributed by atoms with Crippen molar-refractivity contribution in [2.45, 2.75) is 19.9 Å². The van der Waals surface area contributed by atoms with Crippen LogP contribution in [0.2, 0.25) is 0 Å². The molecule has 0 saturated carbocycles. The average molecular weight is 469 g/mol. The predicted octanol–water partition coefficient (Wildman–Crippen LogP) is 4.68. The van der Waals surface area contributed by atoms with Gasteiger partial charge in [-0.2, -0.15) is 0 Å². The van der Waals surface area contributed by atoms with Crippen LogP contribution < -0.4 is 0 Å². The molecule has 0 aliphatic carbocycles. The molecule has 0 N–H and O–H groups in total. The number of aromatic nitrogens is 1. The average Bonchev–Trinajstić information content (AvgIpc) is 3.10. The number of esters is 1. The van der Waals surface area contributed by atoms with Gasteiger partial charge in [0.2, 0.25) is 5.91 Å². The summed E-state index contributed by atoms with van der Waals surface area (Å²) in [7, 11) is 1.83. The number of rotatable bonds is 8. The van der Waals surface area contributed by atoms with Gasteiger partial charge in [0.15, 0.2) is 0 Å². The third-order valence-corrected chi connectivity index (χ3v) is 5.54. The van der Waals surface area contributed by atoms with E-state index in [1.807, 2.05) is 54.2 Å². The monoisotopic (exact) mass is 468 g/mol. The van der Waals surface area contributed by atoms with Crippen LogP contribution in [-0.4, -0.2) is 41.5 Å². The summed E-state index contributed by atoms with van der Waals surface area (Å²) in [5, 5.41) is 0.956. The number of halogens is 1. The van der Waals surface area contributed by atoms with Crippen molar-refractivity contribution in [1.82, 2.24) is 9.47 Å². The second-order valence-electron chi connectivity index (χ2n) is 6.98. The standard InChI is InChI=1S/C24H25BrN2O3/c1-3-30-23(29)13-12-19-16-27(21-11-7-10-20(25)24(19)21)17-22(28)26(2)15-14-18-8-5-4-6-9-18/h4-13,16H,3,14-15,17H2,1-2H3/b13-12+. The Bertz CT molecular complexity index is 1060. The molecular weight excluding hydrogens is 444 g/mol. The highest BCUT2D eigenvalue weighted by atomic mass is 79.9. The molecule has 0 fully saturated rings. The highest BCUT2D eigenvalue weighted by Gasteiger charge is 2.15. The quantitative estimate of drug-likeness (QED) is 0.356. The van der Waals surface area contributed by atoms with E-state index in [1.165, 1.54) is 11.6 Å². The van der Waals surface area contributed by atoms with Crippen molar-refractivity contribution in [3.8, 4) is 0 Å². The number of amides is 1. The summed E-state index contributed by atoms with van der Waals surface area (Å²) in [6, 6.07) is 16.0. The Balaban J connectivity index is 1.77. The maximum atomic E-state index is 12.8. The fourth-order valence-corrected chi connectivity index (χ4v) is 3.86. The van der Waals surface area contributed by atoms with Crippen LogP contribution in [0.5, 0.6) is 0 Å². The van der Waals surface area contributed by atoms with Gasteiger partial charge in [-0.05, 0) is 37.1 Å². The second kappa shape index (κ2) is 10.3. The molecule has 0 atom stereocenters. The van der Waals surface area contributed by atoms with Crippen molar-refractivity contribution in [3.63, 3.8) is 0 Å². The van der Waals surface area contributed by atoms with Gasteiger partial charge in [-0.25, -0.2) is 4.79 Å². The van der Waals surface area contributed by atoms with Crippen LogP contribution in [0, 0.1) is 0 Å². The number of carbonyl (C=O) groups excluding carboxylic acids is 2. The SMILES string of the molecule is CCOC(=O)/C=C/c1cn(CC(=O)N(C)CCc2ccccc2)c2cccc(Br)c12. The molecule has 0 spiro atoms. The third kappa shape index (κ3) is 5.39. The van der Waals surface area contributed by atoms with E-state index >= 15 is 0 Å². The predicted molar refractivity (Wildman–Crippen MR) is 123 cm³/mol. The largest absolute Gasteiger partial charge is 0.463 e. The highest BCUT2D eigenvalue weighted by Crippen LogP contribution is 2.30. The van der Waals surface area contributed by atoms with Gasteiger partial charge in [-0.15, -0.1) is 0 Å². The summed E-state index contributed by atoms with van der Waals surface area (Å²) >= 11 is 3.59. The number of hydrogen-bond acceptors (Lipinski definition) is 3. The van der Waals surface area contributed by atoms with Crippen LogP contribution in [0.1, 0.15) is 18.1 Å². The molecular formula is C24H25BrN2O3. The molecule has 3 rings (SSSR count). The van der Waals surface area contributed by atoms with E-state index in [0.717, 1.165) is 27.4 Å². The van der Waals surface area contributed by atoms with E-state index in [2.05, 4.69) is 28.1 Å². The molecule has 0 saturated heterocycles. The minimum absolute atomic E-state index is 0.0312. The van der Waals surface area contributed by atoms with Gasteiger partial charge in [-0.3, -0.25) is 4.79 Å². The van der Waals surface area contributed by atoms with Crippen molar-refractivity contribution in [3.05, 3.63) is 76.4 Å².